The number of benzene rings is 3. The molecule has 178 valence electrons. The third-order valence-electron chi connectivity index (χ3n) is 4.57. The zero-order valence-electron chi connectivity index (χ0n) is 18.6. The summed E-state index contributed by atoms with van der Waals surface area (Å²) in [5.41, 5.74) is 2.43. The van der Waals surface area contributed by atoms with Crippen LogP contribution in [0.5, 0.6) is 11.5 Å². The standard InChI is InChI=1S/C25H23F3O2S.CO2/c1-18-14-23(12-13-24(18)29-2)31-17-20(15-19-6-4-3-5-7-19)16-30-22-10-8-21(9-11-22)25(26,27)28;2-1-3/h3-15H,16-17H2,1-2H3;. The molecule has 0 saturated heterocycles. The van der Waals surface area contributed by atoms with Crippen molar-refractivity contribution in [1.29, 1.82) is 0 Å². The number of carbonyl (C=O) groups excluding carboxylic acids is 2. The molecule has 3 aromatic rings. The van der Waals surface area contributed by atoms with E-state index in [0.717, 1.165) is 39.5 Å². The van der Waals surface area contributed by atoms with Crippen molar-refractivity contribution < 1.29 is 32.2 Å². The first kappa shape index (κ1) is 26.8. The van der Waals surface area contributed by atoms with Gasteiger partial charge < -0.3 is 9.47 Å². The molecule has 34 heavy (non-hydrogen) atoms. The van der Waals surface area contributed by atoms with Crippen molar-refractivity contribution >= 4 is 24.0 Å². The minimum atomic E-state index is -4.36. The Labute approximate surface area is 200 Å². The number of hydrogen-bond donors (Lipinski definition) is 0. The van der Waals surface area contributed by atoms with Crippen LogP contribution in [0.4, 0.5) is 13.2 Å². The lowest BCUT2D eigenvalue weighted by Crippen LogP contribution is -2.06. The van der Waals surface area contributed by atoms with E-state index in [9.17, 15) is 13.2 Å². The molecule has 0 unspecified atom stereocenters. The van der Waals surface area contributed by atoms with Gasteiger partial charge in [0.1, 0.15) is 18.1 Å². The first-order valence-electron chi connectivity index (χ1n) is 10.1. The highest BCUT2D eigenvalue weighted by Crippen LogP contribution is 2.31. The normalized spacial score (nSPS) is 11.1. The zero-order chi connectivity index (χ0) is 25.0. The third-order valence-corrected chi connectivity index (χ3v) is 5.67. The number of alkyl halides is 3. The fraction of sp³-hybridized carbons (Fsp3) is 0.192. The number of ether oxygens (including phenoxy) is 2. The first-order chi connectivity index (χ1) is 16.3. The molecule has 0 aliphatic heterocycles. The molecule has 0 heterocycles. The number of methoxy groups -OCH3 is 1. The first-order valence-corrected chi connectivity index (χ1v) is 11.1. The summed E-state index contributed by atoms with van der Waals surface area (Å²) in [6, 6.07) is 20.7. The van der Waals surface area contributed by atoms with Crippen molar-refractivity contribution in [3.05, 3.63) is 95.1 Å². The van der Waals surface area contributed by atoms with E-state index >= 15 is 0 Å². The van der Waals surface area contributed by atoms with Gasteiger partial charge in [0.2, 0.25) is 0 Å². The van der Waals surface area contributed by atoms with Gasteiger partial charge in [-0.3, -0.25) is 0 Å². The predicted molar refractivity (Wildman–Crippen MR) is 125 cm³/mol. The predicted octanol–water partition coefficient (Wildman–Crippen LogP) is 6.69. The van der Waals surface area contributed by atoms with Crippen LogP contribution in [0, 0.1) is 6.92 Å². The van der Waals surface area contributed by atoms with Crippen molar-refractivity contribution in [3.8, 4) is 11.5 Å². The molecule has 0 spiro atoms. The molecule has 0 aliphatic rings. The largest absolute Gasteiger partial charge is 0.496 e. The van der Waals surface area contributed by atoms with Gasteiger partial charge in [-0.25, -0.2) is 0 Å². The summed E-state index contributed by atoms with van der Waals surface area (Å²) in [6.45, 7) is 2.28. The fourth-order valence-electron chi connectivity index (χ4n) is 2.94. The lowest BCUT2D eigenvalue weighted by molar-refractivity contribution is -0.191. The number of halogens is 3. The van der Waals surface area contributed by atoms with E-state index in [4.69, 9.17) is 19.1 Å². The maximum absolute atomic E-state index is 12.8. The Morgan fingerprint density at radius 3 is 2.21 bits per heavy atom. The summed E-state index contributed by atoms with van der Waals surface area (Å²) in [5.74, 6) is 1.92. The molecule has 0 bridgehead atoms. The smallest absolute Gasteiger partial charge is 0.416 e. The highest BCUT2D eigenvalue weighted by molar-refractivity contribution is 7.99. The number of rotatable bonds is 8. The van der Waals surface area contributed by atoms with Crippen LogP contribution in [0.25, 0.3) is 6.08 Å². The highest BCUT2D eigenvalue weighted by Gasteiger charge is 2.30. The average molecular weight is 489 g/mol. The minimum Gasteiger partial charge on any atom is -0.496 e. The van der Waals surface area contributed by atoms with Crippen molar-refractivity contribution in [3.63, 3.8) is 0 Å². The molecular weight excluding hydrogens is 465 g/mol. The summed E-state index contributed by atoms with van der Waals surface area (Å²) in [4.78, 5) is 17.4. The number of aryl methyl sites for hydroxylation is 1. The summed E-state index contributed by atoms with van der Waals surface area (Å²) >= 11 is 1.67. The van der Waals surface area contributed by atoms with Crippen molar-refractivity contribution in [2.24, 2.45) is 0 Å². The van der Waals surface area contributed by atoms with E-state index in [1.165, 1.54) is 12.1 Å². The van der Waals surface area contributed by atoms with Crippen molar-refractivity contribution in [1.82, 2.24) is 0 Å². The molecule has 0 aliphatic carbocycles. The van der Waals surface area contributed by atoms with Crippen LogP contribution in [-0.2, 0) is 15.8 Å². The van der Waals surface area contributed by atoms with Gasteiger partial charge >= 0.3 is 12.3 Å². The van der Waals surface area contributed by atoms with Gasteiger partial charge in [0.05, 0.1) is 12.7 Å². The molecule has 8 heteroatoms. The fourth-order valence-corrected chi connectivity index (χ4v) is 3.89. The van der Waals surface area contributed by atoms with Gasteiger partial charge in [0.25, 0.3) is 0 Å². The van der Waals surface area contributed by atoms with Gasteiger partial charge in [-0.1, -0.05) is 36.4 Å². The van der Waals surface area contributed by atoms with Crippen LogP contribution < -0.4 is 9.47 Å². The molecule has 0 saturated carbocycles. The molecule has 0 aromatic heterocycles. The Kier molecular flexibility index (Phi) is 10.5. The zero-order valence-corrected chi connectivity index (χ0v) is 19.4. The van der Waals surface area contributed by atoms with Gasteiger partial charge in [-0.05, 0) is 66.1 Å². The molecule has 4 nitrogen and oxygen atoms in total. The van der Waals surface area contributed by atoms with E-state index in [2.05, 4.69) is 6.07 Å². The maximum atomic E-state index is 12.8. The molecule has 0 N–H and O–H groups in total. The lowest BCUT2D eigenvalue weighted by Gasteiger charge is -2.13. The maximum Gasteiger partial charge on any atom is 0.416 e. The molecule has 0 radical (unpaired) electrons. The lowest BCUT2D eigenvalue weighted by atomic mass is 10.1. The second-order valence-corrected chi connectivity index (χ2v) is 8.08. The Balaban J connectivity index is 0.00000129. The Hall–Kier alpha value is -3.48. The van der Waals surface area contributed by atoms with Crippen LogP contribution in [0.2, 0.25) is 0 Å². The van der Waals surface area contributed by atoms with Crippen LogP contribution in [0.3, 0.4) is 0 Å². The molecule has 0 atom stereocenters. The summed E-state index contributed by atoms with van der Waals surface area (Å²) in [6.07, 6.45) is -2.06. The van der Waals surface area contributed by atoms with Crippen LogP contribution >= 0.6 is 11.8 Å². The molecule has 0 fully saturated rings. The van der Waals surface area contributed by atoms with Gasteiger partial charge in [-0.2, -0.15) is 22.8 Å². The van der Waals surface area contributed by atoms with E-state index in [-0.39, 0.29) is 12.8 Å². The molecular formula is C26H23F3O4S. The van der Waals surface area contributed by atoms with Crippen LogP contribution in [0.15, 0.2) is 83.3 Å². The van der Waals surface area contributed by atoms with Crippen LogP contribution in [-0.4, -0.2) is 25.6 Å². The summed E-state index contributed by atoms with van der Waals surface area (Å²) < 4.78 is 49.4. The second-order valence-electron chi connectivity index (χ2n) is 7.03. The van der Waals surface area contributed by atoms with Crippen molar-refractivity contribution in [2.45, 2.75) is 18.0 Å². The van der Waals surface area contributed by atoms with Gasteiger partial charge in [0, 0.05) is 10.6 Å². The Morgan fingerprint density at radius 2 is 1.65 bits per heavy atom. The molecule has 3 rings (SSSR count). The van der Waals surface area contributed by atoms with E-state index in [1.807, 2.05) is 55.5 Å². The highest BCUT2D eigenvalue weighted by atomic mass is 32.2. The van der Waals surface area contributed by atoms with Gasteiger partial charge in [-0.15, -0.1) is 11.8 Å². The molecule has 0 amide bonds. The monoisotopic (exact) mass is 488 g/mol. The Bertz CT molecular complexity index is 1110. The third kappa shape index (κ3) is 8.81. The quantitative estimate of drug-likeness (QED) is 0.331. The van der Waals surface area contributed by atoms with E-state index in [0.29, 0.717) is 11.5 Å². The van der Waals surface area contributed by atoms with E-state index in [1.54, 1.807) is 18.9 Å². The summed E-state index contributed by atoms with van der Waals surface area (Å²) in [7, 11) is 1.65. The molecule has 3 aromatic carbocycles. The number of thioether (sulfide) groups is 1. The topological polar surface area (TPSA) is 52.6 Å². The minimum absolute atomic E-state index is 0.250. The summed E-state index contributed by atoms with van der Waals surface area (Å²) in [5, 5.41) is 0. The second kappa shape index (κ2) is 13.3. The SMILES string of the molecule is COc1ccc(SCC(=Cc2ccccc2)COc2ccc(C(F)(F)F)cc2)cc1C.O=C=O. The van der Waals surface area contributed by atoms with Crippen molar-refractivity contribution in [2.75, 3.05) is 19.5 Å². The average Bonchev–Trinajstić information content (AvgIpc) is 2.82. The van der Waals surface area contributed by atoms with Gasteiger partial charge in [0.15, 0.2) is 0 Å². The number of hydrogen-bond acceptors (Lipinski definition) is 5. The van der Waals surface area contributed by atoms with Crippen LogP contribution in [0.1, 0.15) is 16.7 Å². The van der Waals surface area contributed by atoms with E-state index < -0.39 is 11.7 Å². The Morgan fingerprint density at radius 1 is 1.00 bits per heavy atom.